The monoisotopic (exact) mass is 398 g/mol. The number of amides is 2. The van der Waals surface area contributed by atoms with Crippen LogP contribution in [0.3, 0.4) is 0 Å². The van der Waals surface area contributed by atoms with Crippen molar-refractivity contribution in [3.63, 3.8) is 0 Å². The molecule has 0 unspecified atom stereocenters. The van der Waals surface area contributed by atoms with Gasteiger partial charge in [-0.05, 0) is 31.9 Å². The quantitative estimate of drug-likeness (QED) is 0.837. The lowest BCUT2D eigenvalue weighted by Gasteiger charge is -2.34. The van der Waals surface area contributed by atoms with Crippen molar-refractivity contribution < 1.29 is 14.1 Å². The minimum atomic E-state index is -0.0351. The van der Waals surface area contributed by atoms with Crippen molar-refractivity contribution in [2.45, 2.75) is 40.5 Å². The molecule has 0 aliphatic carbocycles. The number of nitrogens with one attached hydrogen (secondary N) is 1. The summed E-state index contributed by atoms with van der Waals surface area (Å²) < 4.78 is 5.36. The number of carbonyl (C=O) groups is 2. The number of carbonyl (C=O) groups excluding carboxylic acids is 2. The molecule has 2 amide bonds. The fraction of sp³-hybridized carbons (Fsp3) is 0.500. The van der Waals surface area contributed by atoms with Gasteiger partial charge in [-0.3, -0.25) is 14.5 Å². The number of hydrogen-bond acceptors (Lipinski definition) is 5. The molecule has 3 rings (SSSR count). The standard InChI is InChI=1S/C22H30N4O3/c1-14(2)21-19(17(5)24-29-21)22(28)26-11-9-25(10-12-26)13-18(27)23-20-15(3)7-6-8-16(20)4/h6-8,14H,9-13H2,1-5H3,(H,23,27). The minimum absolute atomic E-state index is 0.0286. The van der Waals surface area contributed by atoms with Crippen molar-refractivity contribution >= 4 is 17.5 Å². The number of aromatic nitrogens is 1. The van der Waals surface area contributed by atoms with Crippen LogP contribution in [0.15, 0.2) is 22.7 Å². The third-order valence-electron chi connectivity index (χ3n) is 5.40. The number of nitrogens with zero attached hydrogens (tertiary/aromatic N) is 3. The molecule has 7 heteroatoms. The predicted octanol–water partition coefficient (Wildman–Crippen LogP) is 3.12. The van der Waals surface area contributed by atoms with Crippen LogP contribution in [0.25, 0.3) is 0 Å². The first-order valence-corrected chi connectivity index (χ1v) is 10.1. The second kappa shape index (κ2) is 8.78. The molecule has 2 heterocycles. The molecule has 0 bridgehead atoms. The number of piperazine rings is 1. The Balaban J connectivity index is 1.56. The fourth-order valence-electron chi connectivity index (χ4n) is 3.70. The molecule has 0 spiro atoms. The Bertz CT molecular complexity index is 875. The third kappa shape index (κ3) is 4.67. The predicted molar refractivity (Wildman–Crippen MR) is 112 cm³/mol. The maximum Gasteiger partial charge on any atom is 0.259 e. The number of aryl methyl sites for hydroxylation is 3. The first-order valence-electron chi connectivity index (χ1n) is 10.1. The second-order valence-electron chi connectivity index (χ2n) is 8.05. The molecule has 1 N–H and O–H groups in total. The highest BCUT2D eigenvalue weighted by Gasteiger charge is 2.29. The molecule has 7 nitrogen and oxygen atoms in total. The molecule has 1 aromatic carbocycles. The number of anilines is 1. The summed E-state index contributed by atoms with van der Waals surface area (Å²) in [5, 5.41) is 7.00. The molecule has 1 fully saturated rings. The van der Waals surface area contributed by atoms with Gasteiger partial charge in [0.1, 0.15) is 5.56 Å². The summed E-state index contributed by atoms with van der Waals surface area (Å²) in [7, 11) is 0. The van der Waals surface area contributed by atoms with Gasteiger partial charge in [0.25, 0.3) is 5.91 Å². The molecule has 1 aromatic heterocycles. The van der Waals surface area contributed by atoms with Crippen LogP contribution in [0.2, 0.25) is 0 Å². The van der Waals surface area contributed by atoms with E-state index in [1.54, 1.807) is 6.92 Å². The first kappa shape index (κ1) is 21.0. The van der Waals surface area contributed by atoms with Gasteiger partial charge >= 0.3 is 0 Å². The highest BCUT2D eigenvalue weighted by atomic mass is 16.5. The van der Waals surface area contributed by atoms with Crippen LogP contribution in [-0.4, -0.2) is 59.5 Å². The summed E-state index contributed by atoms with van der Waals surface area (Å²) in [6.45, 7) is 12.6. The van der Waals surface area contributed by atoms with Crippen LogP contribution in [0, 0.1) is 20.8 Å². The zero-order valence-corrected chi connectivity index (χ0v) is 17.9. The van der Waals surface area contributed by atoms with E-state index in [1.165, 1.54) is 0 Å². The number of benzene rings is 1. The van der Waals surface area contributed by atoms with Gasteiger partial charge in [0.2, 0.25) is 5.91 Å². The normalized spacial score (nSPS) is 15.0. The Morgan fingerprint density at radius 1 is 1.10 bits per heavy atom. The van der Waals surface area contributed by atoms with Crippen LogP contribution in [0.5, 0.6) is 0 Å². The van der Waals surface area contributed by atoms with Gasteiger partial charge in [-0.1, -0.05) is 37.2 Å². The molecule has 1 aliphatic heterocycles. The average Bonchev–Trinajstić information content (AvgIpc) is 3.06. The lowest BCUT2D eigenvalue weighted by molar-refractivity contribution is -0.117. The molecular formula is C22H30N4O3. The van der Waals surface area contributed by atoms with E-state index < -0.39 is 0 Å². The van der Waals surface area contributed by atoms with E-state index >= 15 is 0 Å². The van der Waals surface area contributed by atoms with Crippen molar-refractivity contribution in [1.82, 2.24) is 15.0 Å². The topological polar surface area (TPSA) is 78.7 Å². The SMILES string of the molecule is Cc1cccc(C)c1NC(=O)CN1CCN(C(=O)c2c(C)noc2C(C)C)CC1. The summed E-state index contributed by atoms with van der Waals surface area (Å²) >= 11 is 0. The van der Waals surface area contributed by atoms with Gasteiger partial charge in [0.15, 0.2) is 5.76 Å². The summed E-state index contributed by atoms with van der Waals surface area (Å²) in [5.41, 5.74) is 4.21. The molecule has 1 aliphatic rings. The van der Waals surface area contributed by atoms with Gasteiger partial charge in [-0.2, -0.15) is 0 Å². The molecule has 1 saturated heterocycles. The Kier molecular flexibility index (Phi) is 6.37. The van der Waals surface area contributed by atoms with Crippen LogP contribution in [0.1, 0.15) is 52.7 Å². The van der Waals surface area contributed by atoms with E-state index in [-0.39, 0.29) is 17.7 Å². The summed E-state index contributed by atoms with van der Waals surface area (Å²) in [5.74, 6) is 0.680. The summed E-state index contributed by atoms with van der Waals surface area (Å²) in [6, 6.07) is 5.97. The number of rotatable bonds is 5. The molecular weight excluding hydrogens is 368 g/mol. The lowest BCUT2D eigenvalue weighted by atomic mass is 10.0. The molecule has 0 atom stereocenters. The maximum absolute atomic E-state index is 13.0. The van der Waals surface area contributed by atoms with E-state index in [4.69, 9.17) is 4.52 Å². The van der Waals surface area contributed by atoms with E-state index in [1.807, 2.05) is 50.8 Å². The van der Waals surface area contributed by atoms with Crippen LogP contribution in [0.4, 0.5) is 5.69 Å². The van der Waals surface area contributed by atoms with E-state index in [0.29, 0.717) is 49.7 Å². The van der Waals surface area contributed by atoms with Crippen molar-refractivity contribution in [2.24, 2.45) is 0 Å². The number of hydrogen-bond donors (Lipinski definition) is 1. The third-order valence-corrected chi connectivity index (χ3v) is 5.40. The Hall–Kier alpha value is -2.67. The van der Waals surface area contributed by atoms with E-state index in [0.717, 1.165) is 16.8 Å². The van der Waals surface area contributed by atoms with E-state index in [9.17, 15) is 9.59 Å². The largest absolute Gasteiger partial charge is 0.360 e. The fourth-order valence-corrected chi connectivity index (χ4v) is 3.70. The second-order valence-corrected chi connectivity index (χ2v) is 8.05. The van der Waals surface area contributed by atoms with Gasteiger partial charge in [0.05, 0.1) is 12.2 Å². The minimum Gasteiger partial charge on any atom is -0.360 e. The smallest absolute Gasteiger partial charge is 0.259 e. The molecule has 29 heavy (non-hydrogen) atoms. The Morgan fingerprint density at radius 2 is 1.72 bits per heavy atom. The number of para-hydroxylation sites is 1. The van der Waals surface area contributed by atoms with Gasteiger partial charge < -0.3 is 14.7 Å². The Morgan fingerprint density at radius 3 is 2.31 bits per heavy atom. The van der Waals surface area contributed by atoms with Gasteiger partial charge in [0, 0.05) is 37.8 Å². The van der Waals surface area contributed by atoms with Crippen molar-refractivity contribution in [2.75, 3.05) is 38.0 Å². The van der Waals surface area contributed by atoms with E-state index in [2.05, 4.69) is 15.4 Å². The van der Waals surface area contributed by atoms with Crippen LogP contribution < -0.4 is 5.32 Å². The van der Waals surface area contributed by atoms with Gasteiger partial charge in [-0.25, -0.2) is 0 Å². The molecule has 0 radical (unpaired) electrons. The maximum atomic E-state index is 13.0. The highest BCUT2D eigenvalue weighted by molar-refractivity contribution is 5.96. The zero-order chi connectivity index (χ0) is 21.1. The Labute approximate surface area is 172 Å². The molecule has 156 valence electrons. The molecule has 0 saturated carbocycles. The van der Waals surface area contributed by atoms with Crippen LogP contribution in [-0.2, 0) is 4.79 Å². The van der Waals surface area contributed by atoms with Crippen molar-refractivity contribution in [3.05, 3.63) is 46.3 Å². The van der Waals surface area contributed by atoms with Crippen LogP contribution >= 0.6 is 0 Å². The van der Waals surface area contributed by atoms with Crippen molar-refractivity contribution in [1.29, 1.82) is 0 Å². The summed E-state index contributed by atoms with van der Waals surface area (Å²) in [6.07, 6.45) is 0. The average molecular weight is 399 g/mol. The highest BCUT2D eigenvalue weighted by Crippen LogP contribution is 2.24. The van der Waals surface area contributed by atoms with Gasteiger partial charge in [-0.15, -0.1) is 0 Å². The van der Waals surface area contributed by atoms with Crippen molar-refractivity contribution in [3.8, 4) is 0 Å². The zero-order valence-electron chi connectivity index (χ0n) is 17.9. The summed E-state index contributed by atoms with van der Waals surface area (Å²) in [4.78, 5) is 29.4. The lowest BCUT2D eigenvalue weighted by Crippen LogP contribution is -2.50. The first-order chi connectivity index (χ1) is 13.8. The molecule has 2 aromatic rings.